The summed E-state index contributed by atoms with van der Waals surface area (Å²) in [5, 5.41) is 13.5. The van der Waals surface area contributed by atoms with Crippen molar-refractivity contribution in [2.45, 2.75) is 43.3 Å². The van der Waals surface area contributed by atoms with Crippen molar-refractivity contribution in [3.63, 3.8) is 0 Å². The molecule has 1 unspecified atom stereocenters. The molecule has 7 nitrogen and oxygen atoms in total. The van der Waals surface area contributed by atoms with E-state index < -0.39 is 17.4 Å². The van der Waals surface area contributed by atoms with Crippen LogP contribution >= 0.6 is 12.4 Å². The van der Waals surface area contributed by atoms with Crippen LogP contribution in [-0.2, 0) is 16.5 Å². The van der Waals surface area contributed by atoms with Gasteiger partial charge in [0.25, 0.3) is 5.91 Å². The van der Waals surface area contributed by atoms with Gasteiger partial charge >= 0.3 is 6.18 Å². The minimum absolute atomic E-state index is 0. The minimum Gasteiger partial charge on any atom is -0.340 e. The quantitative estimate of drug-likeness (QED) is 0.781. The number of H-pyrrole nitrogens is 1. The second-order valence-corrected chi connectivity index (χ2v) is 7.53. The average molecular weight is 433 g/mol. The summed E-state index contributed by atoms with van der Waals surface area (Å²) in [7, 11) is 0. The number of piperidine rings is 2. The first-order valence-corrected chi connectivity index (χ1v) is 9.53. The van der Waals surface area contributed by atoms with E-state index in [0.717, 1.165) is 32.0 Å². The van der Waals surface area contributed by atoms with Crippen LogP contribution in [0.3, 0.4) is 0 Å². The normalized spacial score (nSPS) is 22.2. The Bertz CT molecular complexity index is 816. The maximum atomic E-state index is 13.5. The van der Waals surface area contributed by atoms with Crippen molar-refractivity contribution in [1.29, 1.82) is 0 Å². The predicted molar refractivity (Wildman–Crippen MR) is 102 cm³/mol. The number of hydrogen-bond donors (Lipinski definition) is 2. The third-order valence-corrected chi connectivity index (χ3v) is 5.81. The molecule has 0 aromatic carbocycles. The number of halogens is 4. The maximum absolute atomic E-state index is 13.5. The molecule has 1 atom stereocenters. The van der Waals surface area contributed by atoms with Gasteiger partial charge in [0.05, 0.1) is 0 Å². The molecule has 0 radical (unpaired) electrons. The van der Waals surface area contributed by atoms with E-state index >= 15 is 0 Å². The third kappa shape index (κ3) is 4.13. The van der Waals surface area contributed by atoms with Gasteiger partial charge in [0.2, 0.25) is 0 Å². The van der Waals surface area contributed by atoms with E-state index in [4.69, 9.17) is 0 Å². The van der Waals surface area contributed by atoms with Gasteiger partial charge in [-0.15, -0.1) is 12.4 Å². The lowest BCUT2D eigenvalue weighted by Gasteiger charge is -2.42. The number of aromatic amines is 1. The zero-order valence-electron chi connectivity index (χ0n) is 15.8. The van der Waals surface area contributed by atoms with Gasteiger partial charge < -0.3 is 10.2 Å². The van der Waals surface area contributed by atoms with Crippen molar-refractivity contribution in [1.82, 2.24) is 30.2 Å². The van der Waals surface area contributed by atoms with Crippen molar-refractivity contribution in [2.24, 2.45) is 0 Å². The first-order chi connectivity index (χ1) is 13.4. The number of nitrogens with zero attached hydrogens (tertiary/aromatic N) is 4. The van der Waals surface area contributed by atoms with Crippen LogP contribution in [0.1, 0.15) is 43.0 Å². The van der Waals surface area contributed by atoms with Crippen LogP contribution < -0.4 is 5.32 Å². The summed E-state index contributed by atoms with van der Waals surface area (Å²) in [6, 6.07) is 2.87. The Morgan fingerprint density at radius 1 is 1.28 bits per heavy atom. The monoisotopic (exact) mass is 432 g/mol. The summed E-state index contributed by atoms with van der Waals surface area (Å²) in [4.78, 5) is 15.3. The summed E-state index contributed by atoms with van der Waals surface area (Å²) >= 11 is 0. The Morgan fingerprint density at radius 2 is 2.03 bits per heavy atom. The van der Waals surface area contributed by atoms with Gasteiger partial charge in [-0.2, -0.15) is 23.4 Å². The average Bonchev–Trinajstić information content (AvgIpc) is 3.40. The van der Waals surface area contributed by atoms with Gasteiger partial charge in [-0.3, -0.25) is 14.6 Å². The molecule has 2 aliphatic heterocycles. The summed E-state index contributed by atoms with van der Waals surface area (Å²) in [6.07, 6.45) is 1.74. The molecular formula is C18H24ClF3N6O. The molecule has 0 aliphatic carbocycles. The molecule has 4 rings (SSSR count). The molecule has 0 bridgehead atoms. The van der Waals surface area contributed by atoms with Gasteiger partial charge in [-0.25, -0.2) is 0 Å². The molecule has 0 spiro atoms. The molecule has 2 saturated heterocycles. The molecule has 160 valence electrons. The Morgan fingerprint density at radius 3 is 2.66 bits per heavy atom. The predicted octanol–water partition coefficient (Wildman–Crippen LogP) is 2.53. The van der Waals surface area contributed by atoms with Crippen LogP contribution in [0.25, 0.3) is 0 Å². The van der Waals surface area contributed by atoms with Crippen LogP contribution in [0.15, 0.2) is 24.5 Å². The highest BCUT2D eigenvalue weighted by Crippen LogP contribution is 2.35. The van der Waals surface area contributed by atoms with Crippen molar-refractivity contribution >= 4 is 18.3 Å². The van der Waals surface area contributed by atoms with Gasteiger partial charge in [-0.1, -0.05) is 0 Å². The third-order valence-electron chi connectivity index (χ3n) is 5.81. The van der Waals surface area contributed by atoms with E-state index in [2.05, 4.69) is 20.6 Å². The lowest BCUT2D eigenvalue weighted by Crippen LogP contribution is -2.57. The van der Waals surface area contributed by atoms with Crippen molar-refractivity contribution < 1.29 is 18.0 Å². The zero-order chi connectivity index (χ0) is 19.8. The SMILES string of the molecule is Cl.O=C(N1CCCC(c2cc(C(F)(F)F)n[nH]2)C1)C1(n2cccn2)CCNCC1. The number of alkyl halides is 3. The molecule has 2 fully saturated rings. The number of aromatic nitrogens is 4. The van der Waals surface area contributed by atoms with Crippen molar-refractivity contribution in [3.8, 4) is 0 Å². The standard InChI is InChI=1S/C18H23F3N6O.ClH/c19-18(20,21)15-11-14(24-25-15)13-3-1-9-26(12-13)16(28)17(4-7-22-8-5-17)27-10-2-6-23-27;/h2,6,10-11,13,22H,1,3-5,7-9,12H2,(H,24,25);1H. The number of amides is 1. The smallest absolute Gasteiger partial charge is 0.340 e. The highest BCUT2D eigenvalue weighted by molar-refractivity contribution is 5.85. The molecule has 2 aliphatic rings. The summed E-state index contributed by atoms with van der Waals surface area (Å²) in [5.74, 6) is -0.185. The largest absolute Gasteiger partial charge is 0.435 e. The fraction of sp³-hybridized carbons (Fsp3) is 0.611. The fourth-order valence-corrected chi connectivity index (χ4v) is 4.30. The molecule has 0 saturated carbocycles. The number of rotatable bonds is 3. The summed E-state index contributed by atoms with van der Waals surface area (Å²) in [5.41, 5.74) is -1.22. The van der Waals surface area contributed by atoms with Gasteiger partial charge in [-0.05, 0) is 50.9 Å². The maximum Gasteiger partial charge on any atom is 0.435 e. The molecule has 4 heterocycles. The molecule has 2 N–H and O–H groups in total. The first-order valence-electron chi connectivity index (χ1n) is 9.53. The van der Waals surface area contributed by atoms with Crippen molar-refractivity contribution in [3.05, 3.63) is 35.9 Å². The second kappa shape index (κ2) is 8.35. The summed E-state index contributed by atoms with van der Waals surface area (Å²) < 4.78 is 40.3. The lowest BCUT2D eigenvalue weighted by molar-refractivity contribution is -0.144. The van der Waals surface area contributed by atoms with E-state index in [-0.39, 0.29) is 24.2 Å². The topological polar surface area (TPSA) is 78.8 Å². The molecule has 2 aromatic rings. The number of hydrogen-bond acceptors (Lipinski definition) is 4. The second-order valence-electron chi connectivity index (χ2n) is 7.53. The molecular weight excluding hydrogens is 409 g/mol. The molecule has 1 amide bonds. The van der Waals surface area contributed by atoms with E-state index in [1.165, 1.54) is 0 Å². The Labute approximate surface area is 172 Å². The molecule has 2 aromatic heterocycles. The number of carbonyl (C=O) groups excluding carboxylic acids is 1. The number of likely N-dealkylation sites (tertiary alicyclic amines) is 1. The van der Waals surface area contributed by atoms with Crippen molar-refractivity contribution in [2.75, 3.05) is 26.2 Å². The van der Waals surface area contributed by atoms with Gasteiger partial charge in [0.1, 0.15) is 5.54 Å². The van der Waals surface area contributed by atoms with Crippen LogP contribution in [-0.4, -0.2) is 57.0 Å². The first kappa shape index (κ1) is 21.6. The Kier molecular flexibility index (Phi) is 6.23. The zero-order valence-corrected chi connectivity index (χ0v) is 16.6. The Hall–Kier alpha value is -2.07. The van der Waals surface area contributed by atoms with Gasteiger partial charge in [0, 0.05) is 37.1 Å². The summed E-state index contributed by atoms with van der Waals surface area (Å²) in [6.45, 7) is 2.43. The lowest BCUT2D eigenvalue weighted by atomic mass is 9.85. The van der Waals surface area contributed by atoms with E-state index in [1.807, 2.05) is 6.20 Å². The van der Waals surface area contributed by atoms with E-state index in [9.17, 15) is 18.0 Å². The number of carbonyl (C=O) groups is 1. The highest BCUT2D eigenvalue weighted by Gasteiger charge is 2.45. The fourth-order valence-electron chi connectivity index (χ4n) is 4.30. The Balaban J connectivity index is 0.00000240. The van der Waals surface area contributed by atoms with Crippen LogP contribution in [0.4, 0.5) is 13.2 Å². The van der Waals surface area contributed by atoms with E-state index in [1.54, 1.807) is 21.8 Å². The van der Waals surface area contributed by atoms with E-state index in [0.29, 0.717) is 31.6 Å². The number of nitrogens with one attached hydrogen (secondary N) is 2. The van der Waals surface area contributed by atoms with Gasteiger partial charge in [0.15, 0.2) is 5.69 Å². The molecule has 29 heavy (non-hydrogen) atoms. The van der Waals surface area contributed by atoms with Crippen LogP contribution in [0.5, 0.6) is 0 Å². The highest BCUT2D eigenvalue weighted by atomic mass is 35.5. The van der Waals surface area contributed by atoms with Crippen LogP contribution in [0.2, 0.25) is 0 Å². The minimum atomic E-state index is -4.47. The molecule has 11 heteroatoms. The van der Waals surface area contributed by atoms with Crippen LogP contribution in [0, 0.1) is 0 Å².